The summed E-state index contributed by atoms with van der Waals surface area (Å²) in [5, 5.41) is 10.1. The molecule has 1 unspecified atom stereocenters. The van der Waals surface area contributed by atoms with Gasteiger partial charge in [-0.1, -0.05) is 199 Å². The Kier molecular flexibility index (Phi) is 71.6. The van der Waals surface area contributed by atoms with E-state index in [1.807, 2.05) is 0 Å². The van der Waals surface area contributed by atoms with Crippen LogP contribution in [0.1, 0.15) is 330 Å². The molecule has 13 heteroatoms. The summed E-state index contributed by atoms with van der Waals surface area (Å²) in [6.07, 6.45) is 62.9. The average molecular weight is 1300 g/mol. The predicted molar refractivity (Wildman–Crippen MR) is 386 cm³/mol. The predicted octanol–water partition coefficient (Wildman–Crippen LogP) is 20.4. The number of hydrogen-bond donors (Lipinski definition) is 1. The van der Waals surface area contributed by atoms with Gasteiger partial charge in [0.25, 0.3) is 0 Å². The molecule has 0 aromatic carbocycles. The van der Waals surface area contributed by atoms with Crippen molar-refractivity contribution in [3.8, 4) is 0 Å². The van der Waals surface area contributed by atoms with Crippen molar-refractivity contribution >= 4 is 17.9 Å². The maximum Gasteiger partial charge on any atom is 0.308 e. The van der Waals surface area contributed by atoms with Gasteiger partial charge < -0.3 is 43.2 Å². The molecule has 0 saturated heterocycles. The summed E-state index contributed by atoms with van der Waals surface area (Å²) in [6.45, 7) is 23.0. The summed E-state index contributed by atoms with van der Waals surface area (Å²) in [4.78, 5) is 43.6. The highest BCUT2D eigenvalue weighted by Crippen LogP contribution is 2.21. The number of carbonyl (C=O) groups excluding carboxylic acids is 3. The van der Waals surface area contributed by atoms with Crippen molar-refractivity contribution in [3.05, 3.63) is 48.6 Å². The molecule has 0 aliphatic heterocycles. The summed E-state index contributed by atoms with van der Waals surface area (Å²) < 4.78 is 41.7. The molecule has 1 N–H and O–H groups in total. The van der Waals surface area contributed by atoms with Gasteiger partial charge in [0.05, 0.1) is 45.2 Å². The van der Waals surface area contributed by atoms with Gasteiger partial charge in [0.2, 0.25) is 0 Å². The van der Waals surface area contributed by atoms with Crippen LogP contribution in [0.2, 0.25) is 0 Å². The van der Waals surface area contributed by atoms with Crippen molar-refractivity contribution in [2.45, 2.75) is 343 Å². The van der Waals surface area contributed by atoms with Crippen molar-refractivity contribution in [2.75, 3.05) is 92.1 Å². The van der Waals surface area contributed by atoms with Crippen LogP contribution in [0, 0.1) is 5.92 Å². The van der Waals surface area contributed by atoms with Gasteiger partial charge in [-0.2, -0.15) is 0 Å². The fourth-order valence-electron chi connectivity index (χ4n) is 11.2. The van der Waals surface area contributed by atoms with Crippen LogP contribution in [0.5, 0.6) is 0 Å². The van der Waals surface area contributed by atoms with Crippen molar-refractivity contribution in [2.24, 2.45) is 5.92 Å². The Morgan fingerprint density at radius 1 is 0.315 bits per heavy atom. The lowest BCUT2D eigenvalue weighted by Crippen LogP contribution is -2.38. The second-order valence-corrected chi connectivity index (χ2v) is 25.6. The number of ether oxygens (including phenoxy) is 7. The van der Waals surface area contributed by atoms with E-state index >= 15 is 0 Å². The highest BCUT2D eigenvalue weighted by Gasteiger charge is 2.20. The van der Waals surface area contributed by atoms with Crippen LogP contribution in [0.4, 0.5) is 0 Å². The minimum atomic E-state index is -0.380. The second kappa shape index (κ2) is 73.9. The van der Waals surface area contributed by atoms with Crippen LogP contribution in [0.3, 0.4) is 0 Å². The maximum atomic E-state index is 12.9. The number of aliphatic hydroxyl groups excluding tert-OH is 1. The van der Waals surface area contributed by atoms with E-state index in [9.17, 15) is 19.5 Å². The zero-order valence-corrected chi connectivity index (χ0v) is 61.0. The van der Waals surface area contributed by atoms with Crippen molar-refractivity contribution in [3.63, 3.8) is 0 Å². The molecular formula is C79H148N2O11. The Morgan fingerprint density at radius 2 is 0.630 bits per heavy atom. The summed E-state index contributed by atoms with van der Waals surface area (Å²) in [7, 11) is 0. The Bertz CT molecular complexity index is 1540. The lowest BCUT2D eigenvalue weighted by atomic mass is 9.95. The number of rotatable bonds is 74. The summed E-state index contributed by atoms with van der Waals surface area (Å²) in [5.41, 5.74) is 0. The molecule has 540 valence electrons. The molecule has 0 saturated carbocycles. The van der Waals surface area contributed by atoms with E-state index in [2.05, 4.69) is 100.0 Å². The fraction of sp³-hybridized carbons (Fsp3) is 0.861. The number of hydrogen-bond acceptors (Lipinski definition) is 13. The molecular weight excluding hydrogens is 1150 g/mol. The fourth-order valence-corrected chi connectivity index (χ4v) is 11.2. The zero-order valence-electron chi connectivity index (χ0n) is 61.0. The number of esters is 3. The van der Waals surface area contributed by atoms with Crippen molar-refractivity contribution in [1.82, 2.24) is 9.80 Å². The van der Waals surface area contributed by atoms with Gasteiger partial charge in [-0.3, -0.25) is 19.3 Å². The number of nitrogens with zero attached hydrogens (tertiary/aromatic N) is 2. The first-order chi connectivity index (χ1) is 45.3. The molecule has 0 aromatic heterocycles. The van der Waals surface area contributed by atoms with Crippen LogP contribution in [0.25, 0.3) is 0 Å². The standard InChI is InChI=1S/C79H148N2O11/c1-7-13-19-24-36-49-69-88-77(89-70-50-37-25-20-14-8-2)58-56-75(83)86-67-47-41-31-34-44-60-80(63-64-81(65-66-82)62-46-33-29-28-30-40-53-73-92-79(85)74(54-18-12-6)55-43-23-17-11-5)61-45-35-32-42-48-68-87-76(84)57-59-78(90-71-51-38-26-21-15-9-3)91-72-52-39-27-22-16-10-4/h13-16,19-22,74,77-78,82H,7-12,17-18,23-73H2,1-6H3/b19-13-,20-14-,21-15-,22-16-. The van der Waals surface area contributed by atoms with E-state index in [1.54, 1.807) is 0 Å². The van der Waals surface area contributed by atoms with Crippen LogP contribution >= 0.6 is 0 Å². The Hall–Kier alpha value is -2.91. The Morgan fingerprint density at radius 3 is 0.989 bits per heavy atom. The average Bonchev–Trinajstić information content (AvgIpc) is 3.70. The third-order valence-corrected chi connectivity index (χ3v) is 17.0. The van der Waals surface area contributed by atoms with E-state index in [-0.39, 0.29) is 43.0 Å². The van der Waals surface area contributed by atoms with Gasteiger partial charge in [0.1, 0.15) is 0 Å². The molecule has 0 aromatic rings. The zero-order chi connectivity index (χ0) is 66.9. The first-order valence-electron chi connectivity index (χ1n) is 38.9. The molecule has 92 heavy (non-hydrogen) atoms. The van der Waals surface area contributed by atoms with E-state index in [4.69, 9.17) is 33.2 Å². The first-order valence-corrected chi connectivity index (χ1v) is 38.9. The van der Waals surface area contributed by atoms with Crippen molar-refractivity contribution in [1.29, 1.82) is 0 Å². The lowest BCUT2D eigenvalue weighted by Gasteiger charge is -2.27. The Labute approximate surface area is 567 Å². The van der Waals surface area contributed by atoms with E-state index in [0.29, 0.717) is 78.5 Å². The van der Waals surface area contributed by atoms with Crippen LogP contribution < -0.4 is 0 Å². The molecule has 0 aliphatic rings. The first kappa shape index (κ1) is 89.1. The molecule has 0 heterocycles. The molecule has 0 fully saturated rings. The highest BCUT2D eigenvalue weighted by atomic mass is 16.7. The van der Waals surface area contributed by atoms with Gasteiger partial charge in [0.15, 0.2) is 12.6 Å². The molecule has 0 amide bonds. The SMILES string of the molecule is CC/C=C\CCCCOC(CCC(=O)OCCCCCCCN(CCCCCCCOC(=O)CCC(OCCCC/C=C\CC)OCCCC/C=C\CC)CCN(CCO)CCCCCCCCCOC(=O)C(CCCC)CCCCCC)OCCCC/C=C\CC. The summed E-state index contributed by atoms with van der Waals surface area (Å²) in [6, 6.07) is 0. The second-order valence-electron chi connectivity index (χ2n) is 25.6. The van der Waals surface area contributed by atoms with Crippen LogP contribution in [-0.2, 0) is 47.5 Å². The number of carbonyl (C=O) groups is 3. The van der Waals surface area contributed by atoms with E-state index in [0.717, 1.165) is 251 Å². The number of unbranched alkanes of at least 4 members (excludes halogenated alkanes) is 26. The lowest BCUT2D eigenvalue weighted by molar-refractivity contribution is -0.159. The maximum absolute atomic E-state index is 12.9. The van der Waals surface area contributed by atoms with Crippen molar-refractivity contribution < 1.29 is 52.6 Å². The topological polar surface area (TPSA) is 143 Å². The van der Waals surface area contributed by atoms with Gasteiger partial charge in [-0.05, 0) is 174 Å². The Balaban J connectivity index is 5.11. The van der Waals surface area contributed by atoms with E-state index in [1.165, 1.54) is 44.9 Å². The summed E-state index contributed by atoms with van der Waals surface area (Å²) >= 11 is 0. The molecule has 0 radical (unpaired) electrons. The largest absolute Gasteiger partial charge is 0.466 e. The minimum absolute atomic E-state index is 0.0303. The third-order valence-electron chi connectivity index (χ3n) is 17.0. The number of allylic oxidation sites excluding steroid dienone is 8. The smallest absolute Gasteiger partial charge is 0.308 e. The minimum Gasteiger partial charge on any atom is -0.466 e. The van der Waals surface area contributed by atoms with Gasteiger partial charge in [-0.25, -0.2) is 0 Å². The summed E-state index contributed by atoms with van der Waals surface area (Å²) in [5.74, 6) is -0.242. The van der Waals surface area contributed by atoms with Gasteiger partial charge in [0, 0.05) is 58.9 Å². The van der Waals surface area contributed by atoms with E-state index < -0.39 is 0 Å². The molecule has 0 spiro atoms. The molecule has 0 rings (SSSR count). The third kappa shape index (κ3) is 64.4. The highest BCUT2D eigenvalue weighted by molar-refractivity contribution is 5.72. The number of aliphatic hydroxyl groups is 1. The quantitative estimate of drug-likeness (QED) is 0.0203. The normalized spacial score (nSPS) is 12.5. The van der Waals surface area contributed by atoms with Crippen LogP contribution in [-0.4, -0.2) is 138 Å². The van der Waals surface area contributed by atoms with Gasteiger partial charge >= 0.3 is 17.9 Å². The van der Waals surface area contributed by atoms with Gasteiger partial charge in [-0.15, -0.1) is 0 Å². The molecule has 1 atom stereocenters. The van der Waals surface area contributed by atoms with Crippen LogP contribution in [0.15, 0.2) is 48.6 Å². The molecule has 0 bridgehead atoms. The molecule has 0 aliphatic carbocycles. The molecule has 13 nitrogen and oxygen atoms in total. The monoisotopic (exact) mass is 1300 g/mol.